The Hall–Kier alpha value is -2.57. The third kappa shape index (κ3) is 3.98. The second-order valence-corrected chi connectivity index (χ2v) is 4.77. The summed E-state index contributed by atoms with van der Waals surface area (Å²) in [6, 6.07) is 6.23. The quantitative estimate of drug-likeness (QED) is 0.622. The van der Waals surface area contributed by atoms with E-state index in [-0.39, 0.29) is 0 Å². The lowest BCUT2D eigenvalue weighted by atomic mass is 10.1. The van der Waals surface area contributed by atoms with Crippen molar-refractivity contribution in [3.8, 4) is 0 Å². The van der Waals surface area contributed by atoms with Crippen molar-refractivity contribution in [1.82, 2.24) is 10.6 Å². The molecule has 0 aliphatic heterocycles. The van der Waals surface area contributed by atoms with E-state index in [1.807, 2.05) is 0 Å². The van der Waals surface area contributed by atoms with Crippen LogP contribution in [-0.2, 0) is 9.59 Å². The molecule has 3 amide bonds. The van der Waals surface area contributed by atoms with Crippen molar-refractivity contribution in [1.29, 1.82) is 0 Å². The molecule has 0 aromatic heterocycles. The summed E-state index contributed by atoms with van der Waals surface area (Å²) in [5.74, 6) is -1.93. The minimum atomic E-state index is -1.27. The number of carbonyl (C=O) groups excluding carboxylic acids is 2. The molecule has 0 heterocycles. The zero-order chi connectivity index (χ0) is 15.3. The van der Waals surface area contributed by atoms with E-state index in [9.17, 15) is 14.4 Å². The Morgan fingerprint density at radius 2 is 1.75 bits per heavy atom. The zero-order valence-corrected chi connectivity index (χ0v) is 11.2. The highest BCUT2D eigenvalue weighted by molar-refractivity contribution is 5.90. The Kier molecular flexibility index (Phi) is 4.68. The van der Waals surface area contributed by atoms with Crippen molar-refractivity contribution in [3.05, 3.63) is 35.9 Å². The van der Waals surface area contributed by atoms with E-state index in [2.05, 4.69) is 10.6 Å². The SMILES string of the molecule is CC(C)(NC(=O)N[C@@H](C(=O)O)c1ccccc1)C(N)=O. The number of nitrogens with two attached hydrogens (primary N) is 1. The molecular formula is C13H17N3O4. The predicted molar refractivity (Wildman–Crippen MR) is 71.8 cm³/mol. The van der Waals surface area contributed by atoms with Crippen LogP contribution in [0.4, 0.5) is 4.79 Å². The third-order valence-corrected chi connectivity index (χ3v) is 2.70. The number of benzene rings is 1. The minimum absolute atomic E-state index is 0.423. The van der Waals surface area contributed by atoms with Crippen molar-refractivity contribution in [3.63, 3.8) is 0 Å². The summed E-state index contributed by atoms with van der Waals surface area (Å²) in [6.07, 6.45) is 0. The monoisotopic (exact) mass is 279 g/mol. The highest BCUT2D eigenvalue weighted by atomic mass is 16.4. The zero-order valence-electron chi connectivity index (χ0n) is 11.2. The van der Waals surface area contributed by atoms with Crippen LogP contribution in [0.2, 0.25) is 0 Å². The standard InChI is InChI=1S/C13H17N3O4/c1-13(2,11(14)19)16-12(20)15-9(10(17)18)8-6-4-3-5-7-8/h3-7,9H,1-2H3,(H2,14,19)(H,17,18)(H2,15,16,20)/t9-/m1/s1. The fourth-order valence-corrected chi connectivity index (χ4v) is 1.45. The first-order chi connectivity index (χ1) is 9.24. The Labute approximate surface area is 116 Å². The van der Waals surface area contributed by atoms with Crippen LogP contribution in [0.5, 0.6) is 0 Å². The van der Waals surface area contributed by atoms with E-state index in [4.69, 9.17) is 10.8 Å². The number of carbonyl (C=O) groups is 3. The largest absolute Gasteiger partial charge is 0.479 e. The fraction of sp³-hybridized carbons (Fsp3) is 0.308. The van der Waals surface area contributed by atoms with Crippen LogP contribution in [0.15, 0.2) is 30.3 Å². The molecule has 1 atom stereocenters. The Bertz CT molecular complexity index is 514. The van der Waals surface area contributed by atoms with E-state index in [0.717, 1.165) is 0 Å². The summed E-state index contributed by atoms with van der Waals surface area (Å²) in [7, 11) is 0. The summed E-state index contributed by atoms with van der Waals surface area (Å²) in [5, 5.41) is 13.8. The second-order valence-electron chi connectivity index (χ2n) is 4.77. The maximum absolute atomic E-state index is 11.8. The van der Waals surface area contributed by atoms with Crippen LogP contribution < -0.4 is 16.4 Å². The molecule has 0 aliphatic rings. The van der Waals surface area contributed by atoms with Gasteiger partial charge < -0.3 is 21.5 Å². The van der Waals surface area contributed by atoms with Crippen LogP contribution in [0.25, 0.3) is 0 Å². The molecule has 1 aromatic carbocycles. The molecule has 0 saturated heterocycles. The van der Waals surface area contributed by atoms with Gasteiger partial charge >= 0.3 is 12.0 Å². The molecule has 0 saturated carbocycles. The van der Waals surface area contributed by atoms with Gasteiger partial charge in [0.2, 0.25) is 5.91 Å². The van der Waals surface area contributed by atoms with Gasteiger partial charge in [0.15, 0.2) is 6.04 Å². The van der Waals surface area contributed by atoms with E-state index in [1.54, 1.807) is 30.3 Å². The smallest absolute Gasteiger partial charge is 0.330 e. The van der Waals surface area contributed by atoms with Crippen LogP contribution in [0, 0.1) is 0 Å². The number of primary amides is 1. The predicted octanol–water partition coefficient (Wildman–Crippen LogP) is 0.375. The van der Waals surface area contributed by atoms with E-state index in [1.165, 1.54) is 13.8 Å². The molecule has 0 aliphatic carbocycles. The number of aliphatic carboxylic acids is 1. The topological polar surface area (TPSA) is 122 Å². The summed E-state index contributed by atoms with van der Waals surface area (Å²) in [4.78, 5) is 34.1. The van der Waals surface area contributed by atoms with Gasteiger partial charge in [0.05, 0.1) is 0 Å². The number of amides is 3. The lowest BCUT2D eigenvalue weighted by molar-refractivity contribution is -0.139. The molecule has 7 heteroatoms. The molecule has 0 fully saturated rings. The van der Waals surface area contributed by atoms with Gasteiger partial charge in [0.1, 0.15) is 5.54 Å². The highest BCUT2D eigenvalue weighted by Gasteiger charge is 2.29. The van der Waals surface area contributed by atoms with Crippen molar-refractivity contribution in [2.24, 2.45) is 5.73 Å². The molecule has 7 nitrogen and oxygen atoms in total. The molecule has 108 valence electrons. The number of hydrogen-bond acceptors (Lipinski definition) is 3. The maximum Gasteiger partial charge on any atom is 0.330 e. The summed E-state index contributed by atoms with van der Waals surface area (Å²) < 4.78 is 0. The Balaban J connectivity index is 2.80. The lowest BCUT2D eigenvalue weighted by Crippen LogP contribution is -2.56. The number of nitrogens with one attached hydrogen (secondary N) is 2. The van der Waals surface area contributed by atoms with E-state index < -0.39 is 29.5 Å². The van der Waals surface area contributed by atoms with Crippen molar-refractivity contribution < 1.29 is 19.5 Å². The maximum atomic E-state index is 11.8. The molecule has 0 spiro atoms. The first kappa shape index (κ1) is 15.5. The van der Waals surface area contributed by atoms with Gasteiger partial charge in [-0.1, -0.05) is 30.3 Å². The van der Waals surface area contributed by atoms with Crippen molar-refractivity contribution in [2.75, 3.05) is 0 Å². The molecule has 0 radical (unpaired) electrons. The molecule has 1 aromatic rings. The molecule has 0 bridgehead atoms. The first-order valence-electron chi connectivity index (χ1n) is 5.90. The van der Waals surface area contributed by atoms with Gasteiger partial charge in [-0.15, -0.1) is 0 Å². The lowest BCUT2D eigenvalue weighted by Gasteiger charge is -2.24. The highest BCUT2D eigenvalue weighted by Crippen LogP contribution is 2.12. The number of carboxylic acid groups (broad SMARTS) is 1. The average Bonchev–Trinajstić information content (AvgIpc) is 2.36. The summed E-state index contributed by atoms with van der Waals surface area (Å²) in [5.41, 5.74) is 4.27. The number of carboxylic acids is 1. The molecule has 0 unspecified atom stereocenters. The summed E-state index contributed by atoms with van der Waals surface area (Å²) in [6.45, 7) is 2.85. The molecular weight excluding hydrogens is 262 g/mol. The second kappa shape index (κ2) is 6.05. The van der Waals surface area contributed by atoms with Gasteiger partial charge in [-0.25, -0.2) is 9.59 Å². The number of hydrogen-bond donors (Lipinski definition) is 4. The molecule has 20 heavy (non-hydrogen) atoms. The number of urea groups is 1. The van der Waals surface area contributed by atoms with Gasteiger partial charge in [0, 0.05) is 0 Å². The van der Waals surface area contributed by atoms with Gasteiger partial charge in [-0.2, -0.15) is 0 Å². The summed E-state index contributed by atoms with van der Waals surface area (Å²) >= 11 is 0. The van der Waals surface area contributed by atoms with E-state index >= 15 is 0 Å². The van der Waals surface area contributed by atoms with Crippen LogP contribution in [-0.4, -0.2) is 28.6 Å². The molecule has 5 N–H and O–H groups in total. The normalized spacial score (nSPS) is 12.3. The Morgan fingerprint density at radius 3 is 2.20 bits per heavy atom. The van der Waals surface area contributed by atoms with Crippen LogP contribution in [0.1, 0.15) is 25.5 Å². The van der Waals surface area contributed by atoms with Gasteiger partial charge in [0.25, 0.3) is 0 Å². The van der Waals surface area contributed by atoms with Crippen LogP contribution in [0.3, 0.4) is 0 Å². The minimum Gasteiger partial charge on any atom is -0.479 e. The van der Waals surface area contributed by atoms with Gasteiger partial charge in [-0.05, 0) is 19.4 Å². The first-order valence-corrected chi connectivity index (χ1v) is 5.90. The third-order valence-electron chi connectivity index (χ3n) is 2.70. The van der Waals surface area contributed by atoms with E-state index in [0.29, 0.717) is 5.56 Å². The van der Waals surface area contributed by atoms with Gasteiger partial charge in [-0.3, -0.25) is 4.79 Å². The van der Waals surface area contributed by atoms with Crippen molar-refractivity contribution >= 4 is 17.9 Å². The Morgan fingerprint density at radius 1 is 1.20 bits per heavy atom. The average molecular weight is 279 g/mol. The number of rotatable bonds is 5. The molecule has 1 rings (SSSR count). The fourth-order valence-electron chi connectivity index (χ4n) is 1.45. The van der Waals surface area contributed by atoms with Crippen molar-refractivity contribution in [2.45, 2.75) is 25.4 Å². The van der Waals surface area contributed by atoms with Crippen LogP contribution >= 0.6 is 0 Å².